The summed E-state index contributed by atoms with van der Waals surface area (Å²) in [4.78, 5) is 6.60. The van der Waals surface area contributed by atoms with Crippen LogP contribution in [0.25, 0.3) is 0 Å². The summed E-state index contributed by atoms with van der Waals surface area (Å²) in [7, 11) is 0. The smallest absolute Gasteiger partial charge is 0.416 e. The van der Waals surface area contributed by atoms with Crippen molar-refractivity contribution in [2.45, 2.75) is 38.0 Å². The fraction of sp³-hybridized carbons (Fsp3) is 0.364. The molecule has 1 aromatic carbocycles. The lowest BCUT2D eigenvalue weighted by Gasteiger charge is -2.22. The highest BCUT2D eigenvalue weighted by molar-refractivity contribution is 5.29. The highest BCUT2D eigenvalue weighted by Crippen LogP contribution is 2.32. The molecular formula is C22H23F3N4O. The third kappa shape index (κ3) is 4.99. The maximum atomic E-state index is 12.6. The van der Waals surface area contributed by atoms with Gasteiger partial charge in [0, 0.05) is 31.1 Å². The minimum Gasteiger partial charge on any atom is -0.493 e. The lowest BCUT2D eigenvalue weighted by molar-refractivity contribution is -0.137. The van der Waals surface area contributed by atoms with E-state index in [4.69, 9.17) is 4.74 Å². The first-order valence-electron chi connectivity index (χ1n) is 9.96. The molecule has 1 saturated heterocycles. The predicted molar refractivity (Wildman–Crippen MR) is 106 cm³/mol. The minimum absolute atomic E-state index is 0.269. The molecule has 0 aliphatic carbocycles. The van der Waals surface area contributed by atoms with Crippen LogP contribution < -0.4 is 4.74 Å². The van der Waals surface area contributed by atoms with E-state index >= 15 is 0 Å². The van der Waals surface area contributed by atoms with Gasteiger partial charge in [-0.1, -0.05) is 6.07 Å². The molecule has 5 nitrogen and oxygen atoms in total. The van der Waals surface area contributed by atoms with Gasteiger partial charge in [-0.3, -0.25) is 15.0 Å². The summed E-state index contributed by atoms with van der Waals surface area (Å²) in [5.41, 5.74) is 2.47. The number of hydrogen-bond acceptors (Lipinski definition) is 4. The molecule has 4 rings (SSSR count). The number of alkyl halides is 3. The van der Waals surface area contributed by atoms with Gasteiger partial charge in [-0.15, -0.1) is 0 Å². The molecule has 3 heterocycles. The molecule has 0 radical (unpaired) electrons. The van der Waals surface area contributed by atoms with Crippen LogP contribution in [-0.2, 0) is 19.1 Å². The number of nitrogens with zero attached hydrogens (tertiary/aromatic N) is 3. The van der Waals surface area contributed by atoms with Gasteiger partial charge in [-0.2, -0.15) is 18.3 Å². The Hall–Kier alpha value is -2.87. The van der Waals surface area contributed by atoms with Crippen molar-refractivity contribution in [1.82, 2.24) is 20.1 Å². The first-order chi connectivity index (χ1) is 14.5. The van der Waals surface area contributed by atoms with E-state index in [0.29, 0.717) is 18.8 Å². The zero-order chi connectivity index (χ0) is 21.0. The van der Waals surface area contributed by atoms with E-state index in [1.54, 1.807) is 6.20 Å². The Balaban J connectivity index is 1.30. The van der Waals surface area contributed by atoms with E-state index in [2.05, 4.69) is 32.2 Å². The Labute approximate surface area is 172 Å². The SMILES string of the molecule is FC(F)(F)c1ccc(OCCc2cc([C@@H]3CCCN3Cc3cccnc3)n[nH]2)cc1. The minimum atomic E-state index is -4.34. The second-order valence-corrected chi connectivity index (χ2v) is 7.43. The fourth-order valence-corrected chi connectivity index (χ4v) is 3.77. The molecule has 3 aromatic rings. The summed E-state index contributed by atoms with van der Waals surface area (Å²) >= 11 is 0. The summed E-state index contributed by atoms with van der Waals surface area (Å²) < 4.78 is 43.4. The van der Waals surface area contributed by atoms with E-state index in [-0.39, 0.29) is 6.04 Å². The van der Waals surface area contributed by atoms with Crippen LogP contribution in [-0.4, -0.2) is 33.2 Å². The molecule has 158 valence electrons. The number of rotatable bonds is 7. The zero-order valence-electron chi connectivity index (χ0n) is 16.4. The van der Waals surface area contributed by atoms with Gasteiger partial charge >= 0.3 is 6.18 Å². The van der Waals surface area contributed by atoms with Crippen molar-refractivity contribution in [1.29, 1.82) is 0 Å². The number of aromatic nitrogens is 3. The van der Waals surface area contributed by atoms with Crippen LogP contribution in [0.5, 0.6) is 5.75 Å². The molecule has 30 heavy (non-hydrogen) atoms. The van der Waals surface area contributed by atoms with Crippen molar-refractivity contribution in [3.05, 3.63) is 77.4 Å². The molecule has 0 saturated carbocycles. The van der Waals surface area contributed by atoms with Crippen LogP contribution in [0.4, 0.5) is 13.2 Å². The largest absolute Gasteiger partial charge is 0.493 e. The third-order valence-electron chi connectivity index (χ3n) is 5.29. The topological polar surface area (TPSA) is 54.0 Å². The summed E-state index contributed by atoms with van der Waals surface area (Å²) in [6.07, 6.45) is 2.12. The maximum absolute atomic E-state index is 12.6. The van der Waals surface area contributed by atoms with E-state index in [0.717, 1.165) is 49.5 Å². The Morgan fingerprint density at radius 1 is 1.17 bits per heavy atom. The van der Waals surface area contributed by atoms with Gasteiger partial charge in [-0.05, 0) is 61.3 Å². The van der Waals surface area contributed by atoms with Crippen LogP contribution in [0.15, 0.2) is 54.9 Å². The molecule has 1 aliphatic rings. The average molecular weight is 416 g/mol. The number of H-pyrrole nitrogens is 1. The molecule has 0 bridgehead atoms. The maximum Gasteiger partial charge on any atom is 0.416 e. The molecule has 8 heteroatoms. The highest BCUT2D eigenvalue weighted by Gasteiger charge is 2.30. The van der Waals surface area contributed by atoms with Gasteiger partial charge in [0.1, 0.15) is 5.75 Å². The van der Waals surface area contributed by atoms with Crippen molar-refractivity contribution in [3.8, 4) is 5.75 Å². The van der Waals surface area contributed by atoms with Crippen LogP contribution in [0.3, 0.4) is 0 Å². The normalized spacial score (nSPS) is 17.4. The predicted octanol–water partition coefficient (Wildman–Crippen LogP) is 4.78. The van der Waals surface area contributed by atoms with Crippen molar-refractivity contribution in [2.24, 2.45) is 0 Å². The Bertz CT molecular complexity index is 941. The van der Waals surface area contributed by atoms with Gasteiger partial charge < -0.3 is 4.74 Å². The van der Waals surface area contributed by atoms with Crippen LogP contribution in [0.2, 0.25) is 0 Å². The van der Waals surface area contributed by atoms with Gasteiger partial charge in [-0.25, -0.2) is 0 Å². The van der Waals surface area contributed by atoms with Crippen molar-refractivity contribution >= 4 is 0 Å². The number of aromatic amines is 1. The van der Waals surface area contributed by atoms with E-state index < -0.39 is 11.7 Å². The Morgan fingerprint density at radius 3 is 2.73 bits per heavy atom. The molecular weight excluding hydrogens is 393 g/mol. The molecule has 1 fully saturated rings. The first kappa shape index (κ1) is 20.4. The zero-order valence-corrected chi connectivity index (χ0v) is 16.4. The lowest BCUT2D eigenvalue weighted by atomic mass is 10.1. The number of pyridine rings is 1. The van der Waals surface area contributed by atoms with E-state index in [1.807, 2.05) is 12.3 Å². The molecule has 2 aromatic heterocycles. The van der Waals surface area contributed by atoms with Crippen molar-refractivity contribution in [3.63, 3.8) is 0 Å². The van der Waals surface area contributed by atoms with Gasteiger partial charge in [0.15, 0.2) is 0 Å². The number of benzene rings is 1. The Kier molecular flexibility index (Phi) is 6.03. The van der Waals surface area contributed by atoms with Gasteiger partial charge in [0.05, 0.1) is 23.9 Å². The average Bonchev–Trinajstić information content (AvgIpc) is 3.38. The molecule has 0 unspecified atom stereocenters. The summed E-state index contributed by atoms with van der Waals surface area (Å²) in [6.45, 7) is 2.23. The number of nitrogens with one attached hydrogen (secondary N) is 1. The summed E-state index contributed by atoms with van der Waals surface area (Å²) in [5.74, 6) is 0.418. The number of hydrogen-bond donors (Lipinski definition) is 1. The Morgan fingerprint density at radius 2 is 2.00 bits per heavy atom. The quantitative estimate of drug-likeness (QED) is 0.602. The molecule has 1 atom stereocenters. The van der Waals surface area contributed by atoms with Crippen molar-refractivity contribution in [2.75, 3.05) is 13.2 Å². The number of likely N-dealkylation sites (tertiary alicyclic amines) is 1. The molecule has 0 amide bonds. The summed E-state index contributed by atoms with van der Waals surface area (Å²) in [6, 6.07) is 11.1. The van der Waals surface area contributed by atoms with Crippen LogP contribution in [0, 0.1) is 0 Å². The molecule has 0 spiro atoms. The van der Waals surface area contributed by atoms with E-state index in [9.17, 15) is 13.2 Å². The monoisotopic (exact) mass is 416 g/mol. The van der Waals surface area contributed by atoms with Gasteiger partial charge in [0.2, 0.25) is 0 Å². The van der Waals surface area contributed by atoms with E-state index in [1.165, 1.54) is 17.7 Å². The second kappa shape index (κ2) is 8.87. The molecule has 1 aliphatic heterocycles. The highest BCUT2D eigenvalue weighted by atomic mass is 19.4. The fourth-order valence-electron chi connectivity index (χ4n) is 3.77. The summed E-state index contributed by atoms with van der Waals surface area (Å²) in [5, 5.41) is 7.56. The number of ether oxygens (including phenoxy) is 1. The van der Waals surface area contributed by atoms with Crippen LogP contribution >= 0.6 is 0 Å². The van der Waals surface area contributed by atoms with Gasteiger partial charge in [0.25, 0.3) is 0 Å². The third-order valence-corrected chi connectivity index (χ3v) is 5.29. The second-order valence-electron chi connectivity index (χ2n) is 7.43. The lowest BCUT2D eigenvalue weighted by Crippen LogP contribution is -2.23. The van der Waals surface area contributed by atoms with Crippen LogP contribution in [0.1, 0.15) is 41.4 Å². The number of halogens is 3. The van der Waals surface area contributed by atoms with Crippen molar-refractivity contribution < 1.29 is 17.9 Å². The molecule has 1 N–H and O–H groups in total. The first-order valence-corrected chi connectivity index (χ1v) is 9.96. The standard InChI is InChI=1S/C22H23F3N4O/c23-22(24,25)17-5-7-19(8-6-17)30-12-9-18-13-20(28-27-18)21-4-2-11-29(21)15-16-3-1-10-26-14-16/h1,3,5-8,10,13-14,21H,2,4,9,11-12,15H2,(H,27,28)/t21-/m0/s1.